The van der Waals surface area contributed by atoms with Crippen LogP contribution in [-0.4, -0.2) is 26.1 Å². The van der Waals surface area contributed by atoms with E-state index in [-0.39, 0.29) is 5.75 Å². The third-order valence-electron chi connectivity index (χ3n) is 2.74. The number of rotatable bonds is 6. The summed E-state index contributed by atoms with van der Waals surface area (Å²) in [5.74, 6) is -1.19. The molecule has 4 nitrogen and oxygen atoms in total. The predicted molar refractivity (Wildman–Crippen MR) is 71.8 cm³/mol. The van der Waals surface area contributed by atoms with Crippen molar-refractivity contribution in [3.05, 3.63) is 35.6 Å². The van der Waals surface area contributed by atoms with Crippen molar-refractivity contribution >= 4 is 15.7 Å². The Morgan fingerprint density at radius 2 is 1.89 bits per heavy atom. The first-order chi connectivity index (χ1) is 8.86. The number of carbonyl (C=O) groups excluding carboxylic acids is 1. The maximum atomic E-state index is 12.7. The minimum absolute atomic E-state index is 0.270. The third-order valence-corrected chi connectivity index (χ3v) is 4.77. The molecular formula is C13H18FNO3S. The van der Waals surface area contributed by atoms with Gasteiger partial charge in [0.05, 0.1) is 5.75 Å². The van der Waals surface area contributed by atoms with Crippen molar-refractivity contribution < 1.29 is 17.6 Å². The van der Waals surface area contributed by atoms with E-state index in [1.807, 2.05) is 6.92 Å². The van der Waals surface area contributed by atoms with Gasteiger partial charge in [-0.15, -0.1) is 0 Å². The van der Waals surface area contributed by atoms with Crippen molar-refractivity contribution in [1.82, 2.24) is 5.32 Å². The lowest BCUT2D eigenvalue weighted by molar-refractivity contribution is -0.120. The van der Waals surface area contributed by atoms with E-state index in [0.29, 0.717) is 12.1 Å². The predicted octanol–water partition coefficient (Wildman–Crippen LogP) is 1.66. The summed E-state index contributed by atoms with van der Waals surface area (Å²) in [6.07, 6.45) is 0.746. The Morgan fingerprint density at radius 3 is 2.42 bits per heavy atom. The molecule has 0 aromatic heterocycles. The van der Waals surface area contributed by atoms with Crippen molar-refractivity contribution in [3.63, 3.8) is 0 Å². The smallest absolute Gasteiger partial charge is 0.238 e. The van der Waals surface area contributed by atoms with Crippen LogP contribution in [0.1, 0.15) is 25.8 Å². The van der Waals surface area contributed by atoms with Gasteiger partial charge in [-0.1, -0.05) is 19.1 Å². The average molecular weight is 287 g/mol. The number of sulfone groups is 1. The van der Waals surface area contributed by atoms with Gasteiger partial charge in [-0.25, -0.2) is 12.8 Å². The highest BCUT2D eigenvalue weighted by molar-refractivity contribution is 7.92. The molecule has 0 bridgehead atoms. The first-order valence-corrected chi connectivity index (χ1v) is 7.82. The number of benzene rings is 1. The van der Waals surface area contributed by atoms with Gasteiger partial charge in [0.2, 0.25) is 5.91 Å². The van der Waals surface area contributed by atoms with Crippen molar-refractivity contribution in [3.8, 4) is 0 Å². The number of hydrogen-bond acceptors (Lipinski definition) is 3. The lowest BCUT2D eigenvalue weighted by atomic mass is 10.2. The number of carbonyl (C=O) groups is 1. The largest absolute Gasteiger partial charge is 0.355 e. The molecule has 0 aliphatic carbocycles. The minimum atomic E-state index is -3.59. The lowest BCUT2D eigenvalue weighted by Crippen LogP contribution is -2.38. The molecule has 19 heavy (non-hydrogen) atoms. The van der Waals surface area contributed by atoms with Crippen molar-refractivity contribution in [2.24, 2.45) is 0 Å². The van der Waals surface area contributed by atoms with Crippen molar-refractivity contribution in [2.45, 2.75) is 31.3 Å². The van der Waals surface area contributed by atoms with Gasteiger partial charge in [0.15, 0.2) is 9.84 Å². The number of nitrogens with one attached hydrogen (secondary N) is 1. The second kappa shape index (κ2) is 6.65. The number of hydrogen-bond donors (Lipinski definition) is 1. The Morgan fingerprint density at radius 1 is 1.32 bits per heavy atom. The quantitative estimate of drug-likeness (QED) is 0.865. The van der Waals surface area contributed by atoms with Gasteiger partial charge < -0.3 is 5.32 Å². The molecule has 0 fully saturated rings. The Labute approximate surface area is 112 Å². The van der Waals surface area contributed by atoms with Crippen LogP contribution in [0, 0.1) is 5.82 Å². The molecule has 0 aliphatic rings. The summed E-state index contributed by atoms with van der Waals surface area (Å²) in [5.41, 5.74) is 0.469. The van der Waals surface area contributed by atoms with E-state index in [0.717, 1.165) is 6.42 Å². The molecule has 0 heterocycles. The number of amides is 1. The van der Waals surface area contributed by atoms with E-state index in [9.17, 15) is 17.6 Å². The van der Waals surface area contributed by atoms with Crippen LogP contribution < -0.4 is 5.32 Å². The summed E-state index contributed by atoms with van der Waals surface area (Å²) in [6.45, 7) is 3.71. The van der Waals surface area contributed by atoms with E-state index in [1.54, 1.807) is 0 Å². The van der Waals surface area contributed by atoms with Crippen LogP contribution in [0.4, 0.5) is 4.39 Å². The maximum absolute atomic E-state index is 12.7. The second-order valence-corrected chi connectivity index (χ2v) is 6.69. The summed E-state index contributed by atoms with van der Waals surface area (Å²) < 4.78 is 36.8. The van der Waals surface area contributed by atoms with E-state index in [1.165, 1.54) is 31.2 Å². The normalized spacial score (nSPS) is 13.0. The molecule has 1 atom stereocenters. The Bertz CT molecular complexity index is 525. The summed E-state index contributed by atoms with van der Waals surface area (Å²) in [6, 6.07) is 5.21. The SMILES string of the molecule is CCCNC(=O)[C@H](C)S(=O)(=O)Cc1ccc(F)cc1. The van der Waals surface area contributed by atoms with Gasteiger partial charge in [-0.2, -0.15) is 0 Å². The highest BCUT2D eigenvalue weighted by atomic mass is 32.2. The molecular weight excluding hydrogens is 269 g/mol. The lowest BCUT2D eigenvalue weighted by Gasteiger charge is -2.13. The fourth-order valence-corrected chi connectivity index (χ4v) is 2.81. The van der Waals surface area contributed by atoms with Crippen LogP contribution in [0.2, 0.25) is 0 Å². The van der Waals surface area contributed by atoms with Gasteiger partial charge in [0, 0.05) is 6.54 Å². The molecule has 0 aliphatic heterocycles. The molecule has 1 N–H and O–H groups in total. The Balaban J connectivity index is 2.75. The topological polar surface area (TPSA) is 63.2 Å². The second-order valence-electron chi connectivity index (χ2n) is 4.37. The summed E-state index contributed by atoms with van der Waals surface area (Å²) in [7, 11) is -3.59. The van der Waals surface area contributed by atoms with Crippen LogP contribution in [0.25, 0.3) is 0 Å². The average Bonchev–Trinajstić information content (AvgIpc) is 2.37. The highest BCUT2D eigenvalue weighted by Gasteiger charge is 2.27. The molecule has 106 valence electrons. The van der Waals surface area contributed by atoms with Crippen LogP contribution in [-0.2, 0) is 20.4 Å². The first kappa shape index (κ1) is 15.6. The Hall–Kier alpha value is -1.43. The van der Waals surface area contributed by atoms with E-state index in [4.69, 9.17) is 0 Å². The first-order valence-electron chi connectivity index (χ1n) is 6.10. The molecule has 0 unspecified atom stereocenters. The van der Waals surface area contributed by atoms with Gasteiger partial charge in [0.25, 0.3) is 0 Å². The van der Waals surface area contributed by atoms with Gasteiger partial charge in [0.1, 0.15) is 11.1 Å². The van der Waals surface area contributed by atoms with Crippen molar-refractivity contribution in [1.29, 1.82) is 0 Å². The van der Waals surface area contributed by atoms with Crippen LogP contribution in [0.15, 0.2) is 24.3 Å². The fraction of sp³-hybridized carbons (Fsp3) is 0.462. The van der Waals surface area contributed by atoms with Crippen molar-refractivity contribution in [2.75, 3.05) is 6.54 Å². The summed E-state index contributed by atoms with van der Waals surface area (Å²) >= 11 is 0. The zero-order chi connectivity index (χ0) is 14.5. The highest BCUT2D eigenvalue weighted by Crippen LogP contribution is 2.12. The monoisotopic (exact) mass is 287 g/mol. The van der Waals surface area contributed by atoms with Crippen LogP contribution in [0.5, 0.6) is 0 Å². The molecule has 0 saturated carbocycles. The zero-order valence-electron chi connectivity index (χ0n) is 11.0. The van der Waals surface area contributed by atoms with Crippen LogP contribution in [0.3, 0.4) is 0 Å². The molecule has 6 heteroatoms. The molecule has 0 spiro atoms. The molecule has 0 radical (unpaired) electrons. The number of halogens is 1. The van der Waals surface area contributed by atoms with Crippen LogP contribution >= 0.6 is 0 Å². The third kappa shape index (κ3) is 4.63. The summed E-state index contributed by atoms with van der Waals surface area (Å²) in [5, 5.41) is 1.45. The zero-order valence-corrected chi connectivity index (χ0v) is 11.8. The van der Waals surface area contributed by atoms with Gasteiger partial charge >= 0.3 is 0 Å². The maximum Gasteiger partial charge on any atom is 0.238 e. The van der Waals surface area contributed by atoms with Gasteiger partial charge in [-0.3, -0.25) is 4.79 Å². The van der Waals surface area contributed by atoms with E-state index < -0.39 is 26.8 Å². The Kier molecular flexibility index (Phi) is 5.47. The molecule has 1 aromatic rings. The molecule has 0 saturated heterocycles. The van der Waals surface area contributed by atoms with Gasteiger partial charge in [-0.05, 0) is 31.0 Å². The standard InChI is InChI=1S/C13H18FNO3S/c1-3-8-15-13(16)10(2)19(17,18)9-11-4-6-12(14)7-5-11/h4-7,10H,3,8-9H2,1-2H3,(H,15,16)/t10-/m0/s1. The molecule has 1 amide bonds. The summed E-state index contributed by atoms with van der Waals surface area (Å²) in [4.78, 5) is 11.6. The molecule has 1 rings (SSSR count). The fourth-order valence-electron chi connectivity index (χ4n) is 1.49. The van der Waals surface area contributed by atoms with E-state index in [2.05, 4.69) is 5.32 Å². The van der Waals surface area contributed by atoms with E-state index >= 15 is 0 Å². The molecule has 1 aromatic carbocycles. The minimum Gasteiger partial charge on any atom is -0.355 e.